The molecule has 2 saturated heterocycles. The number of hydrogen-bond acceptors (Lipinski definition) is 7. The van der Waals surface area contributed by atoms with Crippen LogP contribution >= 0.6 is 35.6 Å². The second-order valence-electron chi connectivity index (χ2n) is 11.6. The summed E-state index contributed by atoms with van der Waals surface area (Å²) in [5.41, 5.74) is 7.27. The maximum Gasteiger partial charge on any atom is 0.254 e. The first-order chi connectivity index (χ1) is 21.2. The number of primary amides is 1. The Bertz CT molecular complexity index is 1490. The van der Waals surface area contributed by atoms with Gasteiger partial charge in [0.15, 0.2) is 11.5 Å². The normalized spacial score (nSPS) is 19.4. The highest BCUT2D eigenvalue weighted by Gasteiger charge is 2.44. The number of rotatable bonds is 10. The maximum atomic E-state index is 13.9. The van der Waals surface area contributed by atoms with Crippen LogP contribution < -0.4 is 19.9 Å². The smallest absolute Gasteiger partial charge is 0.254 e. The predicted molar refractivity (Wildman–Crippen MR) is 177 cm³/mol. The van der Waals surface area contributed by atoms with Gasteiger partial charge in [-0.05, 0) is 86.8 Å². The molecule has 2 aromatic carbocycles. The molecule has 9 nitrogen and oxygen atoms in total. The molecule has 1 unspecified atom stereocenters. The number of carbonyl (C=O) groups excluding carboxylic acids is 2. The van der Waals surface area contributed by atoms with Gasteiger partial charge in [0.25, 0.3) is 5.91 Å². The number of piperidine rings is 1. The minimum atomic E-state index is -0.719. The van der Waals surface area contributed by atoms with E-state index in [0.717, 1.165) is 43.6 Å². The molecular formula is C33H39Cl3N4O5. The molecule has 1 atom stereocenters. The predicted octanol–water partition coefficient (Wildman–Crippen LogP) is 5.53. The lowest BCUT2D eigenvalue weighted by Gasteiger charge is -2.41. The third kappa shape index (κ3) is 6.82. The molecular weight excluding hydrogens is 639 g/mol. The van der Waals surface area contributed by atoms with Crippen LogP contribution in [0, 0.1) is 0 Å². The molecule has 2 aliphatic rings. The number of aromatic nitrogens is 1. The average Bonchev–Trinajstić information content (AvgIpc) is 3.50. The Hall–Kier alpha value is -3.24. The van der Waals surface area contributed by atoms with Gasteiger partial charge >= 0.3 is 0 Å². The van der Waals surface area contributed by atoms with Crippen molar-refractivity contribution in [2.45, 2.75) is 36.5 Å². The van der Waals surface area contributed by atoms with E-state index < -0.39 is 5.41 Å². The van der Waals surface area contributed by atoms with Crippen LogP contribution in [0.4, 0.5) is 0 Å². The van der Waals surface area contributed by atoms with Crippen LogP contribution in [-0.2, 0) is 15.6 Å². The lowest BCUT2D eigenvalue weighted by atomic mass is 9.72. The summed E-state index contributed by atoms with van der Waals surface area (Å²) in [6.45, 7) is 3.32. The Morgan fingerprint density at radius 3 is 2.16 bits per heavy atom. The summed E-state index contributed by atoms with van der Waals surface area (Å²) in [7, 11) is 4.59. The van der Waals surface area contributed by atoms with Gasteiger partial charge in [0.05, 0.1) is 36.8 Å². The zero-order valence-corrected chi connectivity index (χ0v) is 28.0. The molecule has 2 N–H and O–H groups in total. The lowest BCUT2D eigenvalue weighted by molar-refractivity contribution is -0.125. The molecule has 5 rings (SSSR count). The fourth-order valence-electron chi connectivity index (χ4n) is 6.70. The highest BCUT2D eigenvalue weighted by molar-refractivity contribution is 6.42. The SMILES string of the molecule is COc1cc(C(=O)N2CCC(CCN3CCC(C(N)=O)(c4cccnc4)CC3)(c3ccc(Cl)c(Cl)c3)C2)cc(OC)c1OC.Cl. The summed E-state index contributed by atoms with van der Waals surface area (Å²) in [5.74, 6) is 0.853. The van der Waals surface area contributed by atoms with Crippen molar-refractivity contribution >= 4 is 47.4 Å². The number of benzene rings is 2. The Morgan fingerprint density at radius 2 is 1.60 bits per heavy atom. The standard InChI is InChI=1S/C33H38Cl2N4O5.ClH/c1-42-27-17-22(18-28(43-2)29(27)44-3)30(40)39-16-9-32(21-39,23-6-7-25(34)26(35)19-23)8-13-38-14-10-33(11-15-38,31(36)41)24-5-4-12-37-20-24;/h4-7,12,17-20H,8-11,13-16,21H2,1-3H3,(H2,36,41);1H. The minimum absolute atomic E-state index is 0. The molecule has 2 amide bonds. The zero-order valence-electron chi connectivity index (χ0n) is 25.7. The highest BCUT2D eigenvalue weighted by Crippen LogP contribution is 2.43. The number of pyridine rings is 1. The van der Waals surface area contributed by atoms with Crippen molar-refractivity contribution in [3.05, 3.63) is 81.6 Å². The molecule has 0 aliphatic carbocycles. The van der Waals surface area contributed by atoms with Gasteiger partial charge in [0, 0.05) is 36.5 Å². The lowest BCUT2D eigenvalue weighted by Crippen LogP contribution is -2.50. The molecule has 2 fully saturated rings. The largest absolute Gasteiger partial charge is 0.493 e. The number of amides is 2. The Kier molecular flexibility index (Phi) is 11.1. The molecule has 12 heteroatoms. The van der Waals surface area contributed by atoms with Gasteiger partial charge in [0.1, 0.15) is 0 Å². The Balaban J connectivity index is 0.00000461. The van der Waals surface area contributed by atoms with Crippen molar-refractivity contribution in [3.8, 4) is 17.2 Å². The number of halogens is 3. The number of methoxy groups -OCH3 is 3. The molecule has 0 bridgehead atoms. The molecule has 3 aromatic rings. The van der Waals surface area contributed by atoms with Gasteiger partial charge in [0.2, 0.25) is 11.7 Å². The number of nitrogens with two attached hydrogens (primary N) is 1. The summed E-state index contributed by atoms with van der Waals surface area (Å²) in [6.07, 6.45) is 6.25. The number of likely N-dealkylation sites (tertiary alicyclic amines) is 2. The molecule has 0 saturated carbocycles. The monoisotopic (exact) mass is 676 g/mol. The Labute approximate surface area is 280 Å². The topological polar surface area (TPSA) is 107 Å². The van der Waals surface area contributed by atoms with Crippen LogP contribution in [0.25, 0.3) is 0 Å². The summed E-state index contributed by atoms with van der Waals surface area (Å²) >= 11 is 12.8. The van der Waals surface area contributed by atoms with E-state index in [1.807, 2.05) is 35.2 Å². The number of nitrogens with zero attached hydrogens (tertiary/aromatic N) is 3. The van der Waals surface area contributed by atoms with E-state index in [2.05, 4.69) is 9.88 Å². The quantitative estimate of drug-likeness (QED) is 0.301. The van der Waals surface area contributed by atoms with Crippen molar-refractivity contribution in [2.75, 3.05) is 54.1 Å². The number of hydrogen-bond donors (Lipinski definition) is 1. The van der Waals surface area contributed by atoms with E-state index in [1.165, 1.54) is 21.3 Å². The number of ether oxygens (including phenoxy) is 3. The zero-order chi connectivity index (χ0) is 31.5. The molecule has 3 heterocycles. The second kappa shape index (κ2) is 14.5. The first-order valence-electron chi connectivity index (χ1n) is 14.6. The van der Waals surface area contributed by atoms with Gasteiger partial charge < -0.3 is 29.7 Å². The maximum absolute atomic E-state index is 13.9. The van der Waals surface area contributed by atoms with E-state index >= 15 is 0 Å². The second-order valence-corrected chi connectivity index (χ2v) is 12.4. The summed E-state index contributed by atoms with van der Waals surface area (Å²) in [6, 6.07) is 12.9. The van der Waals surface area contributed by atoms with Crippen LogP contribution in [0.5, 0.6) is 17.2 Å². The summed E-state index contributed by atoms with van der Waals surface area (Å²) in [4.78, 5) is 35.0. The molecule has 45 heavy (non-hydrogen) atoms. The van der Waals surface area contributed by atoms with Crippen molar-refractivity contribution in [1.82, 2.24) is 14.8 Å². The third-order valence-electron chi connectivity index (χ3n) is 9.39. The first-order valence-corrected chi connectivity index (χ1v) is 15.4. The molecule has 1 aromatic heterocycles. The first kappa shape index (κ1) is 34.6. The van der Waals surface area contributed by atoms with E-state index in [9.17, 15) is 9.59 Å². The Morgan fingerprint density at radius 1 is 0.911 bits per heavy atom. The van der Waals surface area contributed by atoms with Crippen molar-refractivity contribution < 1.29 is 23.8 Å². The fourth-order valence-corrected chi connectivity index (χ4v) is 6.99. The summed E-state index contributed by atoms with van der Waals surface area (Å²) < 4.78 is 16.4. The summed E-state index contributed by atoms with van der Waals surface area (Å²) in [5, 5.41) is 0.974. The van der Waals surface area contributed by atoms with E-state index in [-0.39, 0.29) is 29.6 Å². The van der Waals surface area contributed by atoms with Gasteiger partial charge in [-0.15, -0.1) is 12.4 Å². The van der Waals surface area contributed by atoms with Gasteiger partial charge in [-0.1, -0.05) is 35.3 Å². The van der Waals surface area contributed by atoms with Crippen LogP contribution in [0.2, 0.25) is 10.0 Å². The average molecular weight is 678 g/mol. The fraction of sp³-hybridized carbons (Fsp3) is 0.424. The van der Waals surface area contributed by atoms with Gasteiger partial charge in [-0.2, -0.15) is 0 Å². The van der Waals surface area contributed by atoms with E-state index in [4.69, 9.17) is 43.1 Å². The van der Waals surface area contributed by atoms with Crippen molar-refractivity contribution in [3.63, 3.8) is 0 Å². The van der Waals surface area contributed by atoms with E-state index in [1.54, 1.807) is 24.5 Å². The third-order valence-corrected chi connectivity index (χ3v) is 10.1. The molecule has 2 aliphatic heterocycles. The van der Waals surface area contributed by atoms with Crippen LogP contribution in [0.1, 0.15) is 47.2 Å². The van der Waals surface area contributed by atoms with E-state index in [0.29, 0.717) is 58.8 Å². The molecule has 242 valence electrons. The minimum Gasteiger partial charge on any atom is -0.493 e. The molecule has 0 spiro atoms. The highest BCUT2D eigenvalue weighted by atomic mass is 35.5. The number of carbonyl (C=O) groups is 2. The van der Waals surface area contributed by atoms with Crippen LogP contribution in [0.15, 0.2) is 54.9 Å². The van der Waals surface area contributed by atoms with Crippen LogP contribution in [-0.4, -0.2) is 80.7 Å². The van der Waals surface area contributed by atoms with Crippen LogP contribution in [0.3, 0.4) is 0 Å². The van der Waals surface area contributed by atoms with Gasteiger partial charge in [-0.3, -0.25) is 14.6 Å². The molecule has 0 radical (unpaired) electrons. The van der Waals surface area contributed by atoms with Crippen molar-refractivity contribution in [2.24, 2.45) is 5.73 Å². The van der Waals surface area contributed by atoms with Crippen molar-refractivity contribution in [1.29, 1.82) is 0 Å². The van der Waals surface area contributed by atoms with Gasteiger partial charge in [-0.25, -0.2) is 0 Å².